The quantitative estimate of drug-likeness (QED) is 0.176. The van der Waals surface area contributed by atoms with Gasteiger partial charge in [-0.05, 0) is 6.92 Å². The van der Waals surface area contributed by atoms with Crippen molar-refractivity contribution in [1.82, 2.24) is 0 Å². The Bertz CT molecular complexity index is 74.6. The van der Waals surface area contributed by atoms with Gasteiger partial charge in [-0.1, -0.05) is 5.04 Å². The number of hydrogen-bond donors (Lipinski definition) is 0. The van der Waals surface area contributed by atoms with E-state index in [-0.39, 0.29) is 36.2 Å². The summed E-state index contributed by atoms with van der Waals surface area (Å²) in [5.41, 5.74) is 0. The van der Waals surface area contributed by atoms with Gasteiger partial charge in [0.1, 0.15) is 0 Å². The van der Waals surface area contributed by atoms with E-state index < -0.39 is 6.16 Å². The molecule has 0 saturated carbocycles. The molecule has 0 aromatic heterocycles. The van der Waals surface area contributed by atoms with Gasteiger partial charge >= 0.3 is 29.6 Å². The molecule has 0 aliphatic rings. The van der Waals surface area contributed by atoms with Gasteiger partial charge in [-0.2, -0.15) is 0 Å². The minimum atomic E-state index is -1.78. The van der Waals surface area contributed by atoms with Gasteiger partial charge in [-0.15, -0.1) is 0 Å². The zero-order valence-corrected chi connectivity index (χ0v) is 7.25. The first kappa shape index (κ1) is 11.9. The monoisotopic (exact) mass is 144 g/mol. The molecule has 0 rings (SSSR count). The van der Waals surface area contributed by atoms with Gasteiger partial charge in [-0.3, -0.25) is 0 Å². The van der Waals surface area contributed by atoms with E-state index in [0.29, 0.717) is 0 Å². The molecule has 0 heterocycles. The van der Waals surface area contributed by atoms with Crippen LogP contribution in [0.2, 0.25) is 0 Å². The SMILES string of the molecule is CCOOOC(=O)[O-].[Na+]. The van der Waals surface area contributed by atoms with Crippen molar-refractivity contribution in [2.45, 2.75) is 6.92 Å². The third-order valence-electron chi connectivity index (χ3n) is 0.268. The Kier molecular flexibility index (Phi) is 10.9. The fraction of sp³-hybridized carbons (Fsp3) is 0.667. The van der Waals surface area contributed by atoms with Gasteiger partial charge in [0, 0.05) is 0 Å². The summed E-state index contributed by atoms with van der Waals surface area (Å²) in [6, 6.07) is 0. The molecule has 0 amide bonds. The Balaban J connectivity index is 0. The fourth-order valence-electron chi connectivity index (χ4n) is 0.0999. The summed E-state index contributed by atoms with van der Waals surface area (Å²) in [6.07, 6.45) is -1.78. The van der Waals surface area contributed by atoms with Crippen LogP contribution in [0.3, 0.4) is 0 Å². The molecule has 0 radical (unpaired) electrons. The first-order chi connectivity index (χ1) is 3.77. The number of hydrogen-bond acceptors (Lipinski definition) is 5. The minimum absolute atomic E-state index is 0. The van der Waals surface area contributed by atoms with E-state index in [1.165, 1.54) is 0 Å². The van der Waals surface area contributed by atoms with Gasteiger partial charge in [0.05, 0.1) is 6.61 Å². The maximum Gasteiger partial charge on any atom is 1.00 e. The summed E-state index contributed by atoms with van der Waals surface area (Å²) < 4.78 is 0. The van der Waals surface area contributed by atoms with Crippen LogP contribution in [-0.2, 0) is 14.8 Å². The Morgan fingerprint density at radius 1 is 1.67 bits per heavy atom. The van der Waals surface area contributed by atoms with Crippen molar-refractivity contribution in [3.63, 3.8) is 0 Å². The smallest absolute Gasteiger partial charge is 0.424 e. The predicted octanol–water partition coefficient (Wildman–Crippen LogP) is -3.77. The molecular weight excluding hydrogens is 139 g/mol. The first-order valence-corrected chi connectivity index (χ1v) is 1.94. The second-order valence-electron chi connectivity index (χ2n) is 0.808. The van der Waals surface area contributed by atoms with Crippen LogP contribution < -0.4 is 34.7 Å². The van der Waals surface area contributed by atoms with E-state index in [0.717, 1.165) is 0 Å². The maximum absolute atomic E-state index is 9.34. The molecule has 5 nitrogen and oxygen atoms in total. The first-order valence-electron chi connectivity index (χ1n) is 1.94. The van der Waals surface area contributed by atoms with E-state index >= 15 is 0 Å². The molecule has 0 spiro atoms. The van der Waals surface area contributed by atoms with Crippen LogP contribution >= 0.6 is 0 Å². The molecule has 6 heteroatoms. The zero-order valence-electron chi connectivity index (χ0n) is 5.25. The summed E-state index contributed by atoms with van der Waals surface area (Å²) in [5.74, 6) is 0. The topological polar surface area (TPSA) is 67.8 Å². The van der Waals surface area contributed by atoms with Gasteiger partial charge in [0.25, 0.3) is 6.16 Å². The van der Waals surface area contributed by atoms with Gasteiger partial charge in [0.2, 0.25) is 0 Å². The fourth-order valence-corrected chi connectivity index (χ4v) is 0.0999. The van der Waals surface area contributed by atoms with Gasteiger partial charge < -0.3 is 14.8 Å². The summed E-state index contributed by atoms with van der Waals surface area (Å²) in [4.78, 5) is 16.7. The Morgan fingerprint density at radius 2 is 2.22 bits per heavy atom. The van der Waals surface area contributed by atoms with Crippen LogP contribution in [0.1, 0.15) is 6.92 Å². The van der Waals surface area contributed by atoms with Crippen LogP contribution in [0.4, 0.5) is 4.79 Å². The molecule has 0 fully saturated rings. The Morgan fingerprint density at radius 3 is 2.56 bits per heavy atom. The molecule has 0 N–H and O–H groups in total. The third kappa shape index (κ3) is 11.7. The third-order valence-corrected chi connectivity index (χ3v) is 0.268. The molecular formula is C3H5NaO5. The number of rotatable bonds is 3. The Labute approximate surface area is 74.0 Å². The summed E-state index contributed by atoms with van der Waals surface area (Å²) >= 11 is 0. The number of carbonyl (C=O) groups is 1. The number of carbonyl (C=O) groups excluding carboxylic acids is 1. The maximum atomic E-state index is 9.34. The largest absolute Gasteiger partial charge is 1.00 e. The molecule has 0 aromatic carbocycles. The van der Waals surface area contributed by atoms with E-state index in [1.54, 1.807) is 6.92 Å². The summed E-state index contributed by atoms with van der Waals surface area (Å²) in [6.45, 7) is 1.83. The summed E-state index contributed by atoms with van der Waals surface area (Å²) in [7, 11) is 0. The molecule has 0 aromatic rings. The van der Waals surface area contributed by atoms with Gasteiger partial charge in [0.15, 0.2) is 0 Å². The normalized spacial score (nSPS) is 7.67. The molecule has 9 heavy (non-hydrogen) atoms. The molecule has 0 bridgehead atoms. The van der Waals surface area contributed by atoms with Crippen molar-refractivity contribution in [2.24, 2.45) is 0 Å². The average molecular weight is 144 g/mol. The van der Waals surface area contributed by atoms with Crippen LogP contribution in [0, 0.1) is 0 Å². The van der Waals surface area contributed by atoms with Crippen molar-refractivity contribution >= 4 is 6.16 Å². The predicted molar refractivity (Wildman–Crippen MR) is 19.2 cm³/mol. The van der Waals surface area contributed by atoms with Crippen molar-refractivity contribution in [3.05, 3.63) is 0 Å². The second-order valence-corrected chi connectivity index (χ2v) is 0.808. The van der Waals surface area contributed by atoms with Crippen molar-refractivity contribution in [1.29, 1.82) is 0 Å². The van der Waals surface area contributed by atoms with Crippen molar-refractivity contribution in [2.75, 3.05) is 6.61 Å². The molecule has 0 unspecified atom stereocenters. The molecule has 48 valence electrons. The van der Waals surface area contributed by atoms with Gasteiger partial charge in [-0.25, -0.2) is 4.89 Å². The number of carboxylic acid groups (broad SMARTS) is 1. The van der Waals surface area contributed by atoms with E-state index in [9.17, 15) is 9.90 Å². The van der Waals surface area contributed by atoms with Crippen LogP contribution in [0.5, 0.6) is 0 Å². The molecule has 0 aliphatic carbocycles. The Hall–Kier alpha value is 0.190. The zero-order chi connectivity index (χ0) is 6.41. The standard InChI is InChI=1S/C3H6O5.Na/c1-2-6-8-7-3(4)5;/h2H2,1H3,(H,4,5);/q;+1/p-1. The van der Waals surface area contributed by atoms with E-state index in [2.05, 4.69) is 14.8 Å². The van der Waals surface area contributed by atoms with Crippen LogP contribution in [0.15, 0.2) is 0 Å². The van der Waals surface area contributed by atoms with E-state index in [4.69, 9.17) is 0 Å². The molecule has 0 atom stereocenters. The molecule has 0 saturated heterocycles. The van der Waals surface area contributed by atoms with Crippen molar-refractivity contribution in [3.8, 4) is 0 Å². The average Bonchev–Trinajstić information content (AvgIpc) is 1.66. The molecule has 0 aliphatic heterocycles. The summed E-state index contributed by atoms with van der Waals surface area (Å²) in [5, 5.41) is 12.9. The van der Waals surface area contributed by atoms with E-state index in [1.807, 2.05) is 0 Å². The van der Waals surface area contributed by atoms with Crippen molar-refractivity contribution < 1.29 is 54.3 Å². The van der Waals surface area contributed by atoms with Crippen LogP contribution in [-0.4, -0.2) is 12.8 Å². The minimum Gasteiger partial charge on any atom is -0.424 e. The second kappa shape index (κ2) is 8.19. The van der Waals surface area contributed by atoms with Crippen LogP contribution in [0.25, 0.3) is 0 Å².